The standard InChI is InChI=1S/C21H23ClN2O4S/c1-14-9-10-15(2)18(13-14)29(27,28)21(11-5-6-12-21)20(26)24-23-19(25)16-7-3-4-8-17(16)22/h3-4,7-10,13H,5-6,11-12H2,1-2H3,(H,23,25)(H,24,26). The van der Waals surface area contributed by atoms with Gasteiger partial charge in [-0.05, 0) is 56.0 Å². The van der Waals surface area contributed by atoms with Crippen molar-refractivity contribution in [3.05, 3.63) is 64.2 Å². The molecule has 29 heavy (non-hydrogen) atoms. The Labute approximate surface area is 175 Å². The molecule has 154 valence electrons. The largest absolute Gasteiger partial charge is 0.271 e. The maximum atomic E-state index is 13.5. The van der Waals surface area contributed by atoms with Crippen molar-refractivity contribution >= 4 is 33.3 Å². The molecule has 2 N–H and O–H groups in total. The SMILES string of the molecule is Cc1ccc(C)c(S(=O)(=O)C2(C(=O)NNC(=O)c3ccccc3Cl)CCCC2)c1. The summed E-state index contributed by atoms with van der Waals surface area (Å²) in [7, 11) is -3.96. The maximum absolute atomic E-state index is 13.5. The van der Waals surface area contributed by atoms with Crippen molar-refractivity contribution in [1.82, 2.24) is 10.9 Å². The fraction of sp³-hybridized carbons (Fsp3) is 0.333. The number of hydrogen-bond acceptors (Lipinski definition) is 4. The molecule has 0 unspecified atom stereocenters. The lowest BCUT2D eigenvalue weighted by Gasteiger charge is -2.28. The highest BCUT2D eigenvalue weighted by atomic mass is 35.5. The zero-order chi connectivity index (χ0) is 21.2. The van der Waals surface area contributed by atoms with Gasteiger partial charge in [0.2, 0.25) is 0 Å². The normalized spacial score (nSPS) is 15.7. The van der Waals surface area contributed by atoms with Crippen LogP contribution >= 0.6 is 11.6 Å². The lowest BCUT2D eigenvalue weighted by atomic mass is 10.1. The number of hydrazine groups is 1. The Hall–Kier alpha value is -2.38. The summed E-state index contributed by atoms with van der Waals surface area (Å²) < 4.78 is 25.5. The van der Waals surface area contributed by atoms with Crippen molar-refractivity contribution < 1.29 is 18.0 Å². The van der Waals surface area contributed by atoms with Crippen LogP contribution in [-0.2, 0) is 14.6 Å². The van der Waals surface area contributed by atoms with Gasteiger partial charge in [0.1, 0.15) is 0 Å². The second-order valence-corrected chi connectivity index (χ2v) is 10.00. The first kappa shape index (κ1) is 21.3. The summed E-state index contributed by atoms with van der Waals surface area (Å²) in [6.07, 6.45) is 1.65. The summed E-state index contributed by atoms with van der Waals surface area (Å²) in [6, 6.07) is 11.6. The van der Waals surface area contributed by atoms with Gasteiger partial charge in [0.15, 0.2) is 14.6 Å². The molecule has 0 spiro atoms. The molecule has 0 bridgehead atoms. The van der Waals surface area contributed by atoms with Crippen molar-refractivity contribution in [2.24, 2.45) is 0 Å². The Morgan fingerprint density at radius 1 is 1.00 bits per heavy atom. The third kappa shape index (κ3) is 3.89. The van der Waals surface area contributed by atoms with Gasteiger partial charge < -0.3 is 0 Å². The molecule has 2 aromatic rings. The number of aryl methyl sites for hydroxylation is 2. The van der Waals surface area contributed by atoms with E-state index in [1.165, 1.54) is 6.07 Å². The fourth-order valence-corrected chi connectivity index (χ4v) is 6.31. The van der Waals surface area contributed by atoms with Crippen LogP contribution in [0.1, 0.15) is 47.2 Å². The van der Waals surface area contributed by atoms with Gasteiger partial charge in [0.25, 0.3) is 11.8 Å². The molecule has 0 atom stereocenters. The van der Waals surface area contributed by atoms with Crippen molar-refractivity contribution in [1.29, 1.82) is 0 Å². The highest BCUT2D eigenvalue weighted by Gasteiger charge is 2.53. The quantitative estimate of drug-likeness (QED) is 0.720. The smallest absolute Gasteiger partial charge is 0.271 e. The van der Waals surface area contributed by atoms with E-state index in [0.717, 1.165) is 5.56 Å². The lowest BCUT2D eigenvalue weighted by Crippen LogP contribution is -2.55. The Morgan fingerprint density at radius 3 is 2.31 bits per heavy atom. The molecule has 0 saturated heterocycles. The van der Waals surface area contributed by atoms with Gasteiger partial charge in [-0.15, -0.1) is 0 Å². The van der Waals surface area contributed by atoms with Gasteiger partial charge >= 0.3 is 0 Å². The number of nitrogens with one attached hydrogen (secondary N) is 2. The van der Waals surface area contributed by atoms with Crippen LogP contribution in [0.4, 0.5) is 0 Å². The van der Waals surface area contributed by atoms with E-state index in [2.05, 4.69) is 10.9 Å². The fourth-order valence-electron chi connectivity index (χ4n) is 3.71. The highest BCUT2D eigenvalue weighted by molar-refractivity contribution is 7.93. The van der Waals surface area contributed by atoms with E-state index in [4.69, 9.17) is 11.6 Å². The van der Waals surface area contributed by atoms with Crippen molar-refractivity contribution in [3.8, 4) is 0 Å². The molecule has 1 aliphatic carbocycles. The molecular formula is C21H23ClN2O4S. The monoisotopic (exact) mass is 434 g/mol. The van der Waals surface area contributed by atoms with Crippen molar-refractivity contribution in [2.45, 2.75) is 49.2 Å². The summed E-state index contributed by atoms with van der Waals surface area (Å²) >= 11 is 6.00. The van der Waals surface area contributed by atoms with Crippen LogP contribution in [0.15, 0.2) is 47.4 Å². The molecule has 3 rings (SSSR count). The molecular weight excluding hydrogens is 412 g/mol. The van der Waals surface area contributed by atoms with Crippen LogP contribution in [0.25, 0.3) is 0 Å². The van der Waals surface area contributed by atoms with Crippen LogP contribution in [0.2, 0.25) is 5.02 Å². The van der Waals surface area contributed by atoms with Gasteiger partial charge in [-0.2, -0.15) is 0 Å². The third-order valence-electron chi connectivity index (χ3n) is 5.38. The van der Waals surface area contributed by atoms with Crippen molar-refractivity contribution in [3.63, 3.8) is 0 Å². The van der Waals surface area contributed by atoms with Crippen LogP contribution in [0.5, 0.6) is 0 Å². The number of benzene rings is 2. The number of halogens is 1. The van der Waals surface area contributed by atoms with Crippen molar-refractivity contribution in [2.75, 3.05) is 0 Å². The first-order valence-corrected chi connectivity index (χ1v) is 11.2. The molecule has 0 aromatic heterocycles. The Morgan fingerprint density at radius 2 is 1.66 bits per heavy atom. The van der Waals surface area contributed by atoms with E-state index in [1.807, 2.05) is 13.0 Å². The van der Waals surface area contributed by atoms with Gasteiger partial charge in [0.05, 0.1) is 15.5 Å². The number of carbonyl (C=O) groups excluding carboxylic acids is 2. The molecule has 2 amide bonds. The Kier molecular flexibility index (Phi) is 6.00. The van der Waals surface area contributed by atoms with E-state index in [-0.39, 0.29) is 28.3 Å². The van der Waals surface area contributed by atoms with Crippen LogP contribution in [0.3, 0.4) is 0 Å². The topological polar surface area (TPSA) is 92.3 Å². The lowest BCUT2D eigenvalue weighted by molar-refractivity contribution is -0.124. The number of amides is 2. The minimum atomic E-state index is -3.96. The van der Waals surface area contributed by atoms with Gasteiger partial charge in [0, 0.05) is 0 Å². The van der Waals surface area contributed by atoms with E-state index in [1.54, 1.807) is 37.3 Å². The van der Waals surface area contributed by atoms with E-state index >= 15 is 0 Å². The third-order valence-corrected chi connectivity index (χ3v) is 8.35. The first-order chi connectivity index (χ1) is 13.7. The van der Waals surface area contributed by atoms with Gasteiger partial charge in [-0.3, -0.25) is 20.4 Å². The minimum absolute atomic E-state index is 0.159. The molecule has 8 heteroatoms. The first-order valence-electron chi connectivity index (χ1n) is 9.36. The Balaban J connectivity index is 1.89. The van der Waals surface area contributed by atoms with Gasteiger partial charge in [-0.25, -0.2) is 8.42 Å². The Bertz CT molecular complexity index is 1060. The molecule has 1 fully saturated rings. The average molecular weight is 435 g/mol. The summed E-state index contributed by atoms with van der Waals surface area (Å²) in [5.74, 6) is -1.34. The summed E-state index contributed by atoms with van der Waals surface area (Å²) in [5.41, 5.74) is 6.21. The minimum Gasteiger partial charge on any atom is -0.271 e. The highest BCUT2D eigenvalue weighted by Crippen LogP contribution is 2.41. The molecule has 1 saturated carbocycles. The van der Waals surface area contributed by atoms with Crippen LogP contribution in [0, 0.1) is 13.8 Å². The predicted molar refractivity (Wildman–Crippen MR) is 111 cm³/mol. The maximum Gasteiger partial charge on any atom is 0.271 e. The van der Waals surface area contributed by atoms with Crippen LogP contribution in [-0.4, -0.2) is 25.0 Å². The molecule has 0 heterocycles. The average Bonchev–Trinajstić information content (AvgIpc) is 3.20. The molecule has 1 aliphatic rings. The van der Waals surface area contributed by atoms with Gasteiger partial charge in [-0.1, -0.05) is 48.7 Å². The summed E-state index contributed by atoms with van der Waals surface area (Å²) in [5, 5.41) is 0.234. The molecule has 0 aliphatic heterocycles. The number of hydrogen-bond donors (Lipinski definition) is 2. The zero-order valence-corrected chi connectivity index (χ0v) is 17.9. The van der Waals surface area contributed by atoms with E-state index in [9.17, 15) is 18.0 Å². The summed E-state index contributed by atoms with van der Waals surface area (Å²) in [6.45, 7) is 3.52. The number of rotatable bonds is 4. The van der Waals surface area contributed by atoms with E-state index < -0.39 is 26.4 Å². The summed E-state index contributed by atoms with van der Waals surface area (Å²) in [4.78, 5) is 25.6. The van der Waals surface area contributed by atoms with E-state index in [0.29, 0.717) is 18.4 Å². The molecule has 2 aromatic carbocycles. The van der Waals surface area contributed by atoms with Crippen LogP contribution < -0.4 is 10.9 Å². The predicted octanol–water partition coefficient (Wildman–Crippen LogP) is 3.50. The number of sulfone groups is 1. The zero-order valence-electron chi connectivity index (χ0n) is 16.3. The second-order valence-electron chi connectivity index (χ2n) is 7.36. The second kappa shape index (κ2) is 8.16. The molecule has 6 nitrogen and oxygen atoms in total. The molecule has 0 radical (unpaired) electrons. The number of carbonyl (C=O) groups is 2.